The second-order valence-electron chi connectivity index (χ2n) is 3.76. The van der Waals surface area contributed by atoms with E-state index in [4.69, 9.17) is 5.11 Å². The van der Waals surface area contributed by atoms with Crippen LogP contribution in [0.4, 0.5) is 0 Å². The maximum absolute atomic E-state index is 11.6. The van der Waals surface area contributed by atoms with Crippen LogP contribution >= 0.6 is 0 Å². The molecule has 2 fully saturated rings. The van der Waals surface area contributed by atoms with Crippen molar-refractivity contribution < 1.29 is 9.90 Å². The summed E-state index contributed by atoms with van der Waals surface area (Å²) in [7, 11) is 0. The van der Waals surface area contributed by atoms with E-state index in [9.17, 15) is 4.79 Å². The summed E-state index contributed by atoms with van der Waals surface area (Å²) in [5.41, 5.74) is 0. The number of aliphatic hydroxyl groups excluding tert-OH is 1. The summed E-state index contributed by atoms with van der Waals surface area (Å²) < 4.78 is 0. The van der Waals surface area contributed by atoms with Crippen molar-refractivity contribution in [1.82, 2.24) is 4.90 Å². The van der Waals surface area contributed by atoms with Gasteiger partial charge in [0.05, 0.1) is 6.61 Å². The van der Waals surface area contributed by atoms with Gasteiger partial charge in [-0.25, -0.2) is 0 Å². The fourth-order valence-corrected chi connectivity index (χ4v) is 1.53. The lowest BCUT2D eigenvalue weighted by molar-refractivity contribution is -0.133. The van der Waals surface area contributed by atoms with Crippen LogP contribution in [0.1, 0.15) is 25.7 Å². The van der Waals surface area contributed by atoms with Gasteiger partial charge in [-0.15, -0.1) is 0 Å². The SMILES string of the molecule is O=C(C1CC1)N(CCO)C1CC1. The van der Waals surface area contributed by atoms with Gasteiger partial charge in [0.1, 0.15) is 0 Å². The molecule has 0 unspecified atom stereocenters. The average molecular weight is 169 g/mol. The fourth-order valence-electron chi connectivity index (χ4n) is 1.53. The lowest BCUT2D eigenvalue weighted by Crippen LogP contribution is -2.36. The molecule has 1 amide bonds. The zero-order chi connectivity index (χ0) is 8.55. The molecule has 0 heterocycles. The summed E-state index contributed by atoms with van der Waals surface area (Å²) in [6.07, 6.45) is 4.40. The summed E-state index contributed by atoms with van der Waals surface area (Å²) in [5, 5.41) is 8.77. The molecule has 0 spiro atoms. The van der Waals surface area contributed by atoms with Crippen molar-refractivity contribution >= 4 is 5.91 Å². The van der Waals surface area contributed by atoms with Gasteiger partial charge in [0.2, 0.25) is 5.91 Å². The Morgan fingerprint density at radius 1 is 1.33 bits per heavy atom. The van der Waals surface area contributed by atoms with Crippen molar-refractivity contribution in [2.24, 2.45) is 5.92 Å². The van der Waals surface area contributed by atoms with Gasteiger partial charge >= 0.3 is 0 Å². The minimum atomic E-state index is 0.106. The maximum Gasteiger partial charge on any atom is 0.226 e. The molecule has 0 aromatic carbocycles. The number of aliphatic hydroxyl groups is 1. The molecule has 0 aromatic heterocycles. The predicted octanol–water partition coefficient (Wildman–Crippen LogP) is 0.380. The number of carbonyl (C=O) groups excluding carboxylic acids is 1. The van der Waals surface area contributed by atoms with Crippen LogP contribution < -0.4 is 0 Å². The van der Waals surface area contributed by atoms with E-state index in [1.54, 1.807) is 0 Å². The Morgan fingerprint density at radius 2 is 2.00 bits per heavy atom. The lowest BCUT2D eigenvalue weighted by Gasteiger charge is -2.20. The van der Waals surface area contributed by atoms with Crippen molar-refractivity contribution in [1.29, 1.82) is 0 Å². The number of carbonyl (C=O) groups is 1. The molecule has 0 radical (unpaired) electrons. The molecule has 3 nitrogen and oxygen atoms in total. The van der Waals surface area contributed by atoms with Gasteiger partial charge in [0.25, 0.3) is 0 Å². The fraction of sp³-hybridized carbons (Fsp3) is 0.889. The van der Waals surface area contributed by atoms with Crippen molar-refractivity contribution in [2.45, 2.75) is 31.7 Å². The molecule has 2 aliphatic carbocycles. The smallest absolute Gasteiger partial charge is 0.226 e. The molecule has 0 aliphatic heterocycles. The van der Waals surface area contributed by atoms with Crippen LogP contribution in [-0.4, -0.2) is 35.1 Å². The van der Waals surface area contributed by atoms with Crippen LogP contribution in [0, 0.1) is 5.92 Å². The molecule has 2 aliphatic rings. The normalized spacial score (nSPS) is 22.4. The molecule has 2 rings (SSSR count). The Hall–Kier alpha value is -0.570. The molecule has 0 bridgehead atoms. The Morgan fingerprint density at radius 3 is 2.42 bits per heavy atom. The first-order valence-electron chi connectivity index (χ1n) is 4.74. The molecule has 0 atom stereocenters. The second-order valence-corrected chi connectivity index (χ2v) is 3.76. The highest BCUT2D eigenvalue weighted by molar-refractivity contribution is 5.81. The third-order valence-corrected chi connectivity index (χ3v) is 2.54. The van der Waals surface area contributed by atoms with Crippen LogP contribution in [0.15, 0.2) is 0 Å². The quantitative estimate of drug-likeness (QED) is 0.661. The van der Waals surface area contributed by atoms with Crippen LogP contribution in [0.2, 0.25) is 0 Å². The highest BCUT2D eigenvalue weighted by Crippen LogP contribution is 2.35. The van der Waals surface area contributed by atoms with Crippen LogP contribution in [-0.2, 0) is 4.79 Å². The molecular formula is C9H15NO2. The summed E-state index contributed by atoms with van der Waals surface area (Å²) in [5.74, 6) is 0.587. The van der Waals surface area contributed by atoms with Crippen molar-refractivity contribution in [3.63, 3.8) is 0 Å². The summed E-state index contributed by atoms with van der Waals surface area (Å²) in [6, 6.07) is 0.463. The Bertz CT molecular complexity index is 185. The van der Waals surface area contributed by atoms with E-state index >= 15 is 0 Å². The molecule has 2 saturated carbocycles. The van der Waals surface area contributed by atoms with E-state index in [1.807, 2.05) is 4.90 Å². The van der Waals surface area contributed by atoms with E-state index in [2.05, 4.69) is 0 Å². The Balaban J connectivity index is 1.89. The van der Waals surface area contributed by atoms with Gasteiger partial charge in [0.15, 0.2) is 0 Å². The van der Waals surface area contributed by atoms with Gasteiger partial charge in [0, 0.05) is 18.5 Å². The van der Waals surface area contributed by atoms with Crippen LogP contribution in [0.3, 0.4) is 0 Å². The first-order chi connectivity index (χ1) is 5.83. The largest absolute Gasteiger partial charge is 0.395 e. The molecule has 0 aromatic rings. The van der Waals surface area contributed by atoms with E-state index in [-0.39, 0.29) is 12.5 Å². The van der Waals surface area contributed by atoms with Crippen molar-refractivity contribution in [3.05, 3.63) is 0 Å². The zero-order valence-corrected chi connectivity index (χ0v) is 7.20. The highest BCUT2D eigenvalue weighted by atomic mass is 16.3. The average Bonchev–Trinajstić information content (AvgIpc) is 2.88. The first-order valence-corrected chi connectivity index (χ1v) is 4.74. The minimum absolute atomic E-state index is 0.106. The lowest BCUT2D eigenvalue weighted by atomic mass is 10.3. The third-order valence-electron chi connectivity index (χ3n) is 2.54. The van der Waals surface area contributed by atoms with Gasteiger partial charge in [-0.1, -0.05) is 0 Å². The zero-order valence-electron chi connectivity index (χ0n) is 7.20. The third kappa shape index (κ3) is 1.61. The molecule has 68 valence electrons. The maximum atomic E-state index is 11.6. The topological polar surface area (TPSA) is 40.5 Å². The van der Waals surface area contributed by atoms with Crippen molar-refractivity contribution in [3.8, 4) is 0 Å². The monoisotopic (exact) mass is 169 g/mol. The summed E-state index contributed by atoms with van der Waals surface area (Å²) in [6.45, 7) is 0.648. The number of hydrogen-bond donors (Lipinski definition) is 1. The molecular weight excluding hydrogens is 154 g/mol. The summed E-state index contributed by atoms with van der Waals surface area (Å²) in [4.78, 5) is 13.5. The first kappa shape index (κ1) is 8.05. The van der Waals surface area contributed by atoms with Gasteiger partial charge in [-0.3, -0.25) is 4.79 Å². The highest BCUT2D eigenvalue weighted by Gasteiger charge is 2.39. The number of rotatable bonds is 4. The molecule has 1 N–H and O–H groups in total. The number of amides is 1. The molecule has 0 saturated heterocycles. The van der Waals surface area contributed by atoms with Crippen LogP contribution in [0.5, 0.6) is 0 Å². The van der Waals surface area contributed by atoms with E-state index in [0.29, 0.717) is 18.5 Å². The van der Waals surface area contributed by atoms with Crippen molar-refractivity contribution in [2.75, 3.05) is 13.2 Å². The summed E-state index contributed by atoms with van der Waals surface area (Å²) >= 11 is 0. The Labute approximate surface area is 72.4 Å². The van der Waals surface area contributed by atoms with E-state index in [1.165, 1.54) is 0 Å². The van der Waals surface area contributed by atoms with Crippen LogP contribution in [0.25, 0.3) is 0 Å². The minimum Gasteiger partial charge on any atom is -0.395 e. The number of nitrogens with zero attached hydrogens (tertiary/aromatic N) is 1. The van der Waals surface area contributed by atoms with E-state index < -0.39 is 0 Å². The predicted molar refractivity (Wildman–Crippen MR) is 44.5 cm³/mol. The number of hydrogen-bond acceptors (Lipinski definition) is 2. The van der Waals surface area contributed by atoms with Gasteiger partial charge < -0.3 is 10.0 Å². The van der Waals surface area contributed by atoms with E-state index in [0.717, 1.165) is 25.7 Å². The van der Waals surface area contributed by atoms with Gasteiger partial charge in [-0.05, 0) is 25.7 Å². The Kier molecular flexibility index (Phi) is 2.05. The molecule has 3 heteroatoms. The standard InChI is InChI=1S/C9H15NO2/c11-6-5-10(8-3-4-8)9(12)7-1-2-7/h7-8,11H,1-6H2. The second kappa shape index (κ2) is 3.05. The molecule has 12 heavy (non-hydrogen) atoms. The van der Waals surface area contributed by atoms with Gasteiger partial charge in [-0.2, -0.15) is 0 Å².